The molecule has 1 unspecified atom stereocenters. The minimum absolute atomic E-state index is 0.127. The summed E-state index contributed by atoms with van der Waals surface area (Å²) in [5, 5.41) is 0.485. The van der Waals surface area contributed by atoms with E-state index >= 15 is 0 Å². The zero-order chi connectivity index (χ0) is 15.2. The van der Waals surface area contributed by atoms with Crippen molar-refractivity contribution in [1.29, 1.82) is 0 Å². The van der Waals surface area contributed by atoms with Gasteiger partial charge in [-0.05, 0) is 19.4 Å². The van der Waals surface area contributed by atoms with E-state index in [4.69, 9.17) is 23.2 Å². The molecule has 0 saturated heterocycles. The summed E-state index contributed by atoms with van der Waals surface area (Å²) in [6.07, 6.45) is 9.29. The van der Waals surface area contributed by atoms with Crippen molar-refractivity contribution in [2.24, 2.45) is 0 Å². The van der Waals surface area contributed by atoms with Gasteiger partial charge >= 0.3 is 0 Å². The van der Waals surface area contributed by atoms with Crippen LogP contribution in [0.5, 0.6) is 0 Å². The maximum absolute atomic E-state index is 6.26. The molecule has 0 aromatic carbocycles. The van der Waals surface area contributed by atoms with Gasteiger partial charge in [-0.25, -0.2) is 9.97 Å². The average molecular weight is 328 g/mol. The van der Waals surface area contributed by atoms with Crippen molar-refractivity contribution in [3.8, 4) is 0 Å². The molecular formula is C16H23Cl2N3. The summed E-state index contributed by atoms with van der Waals surface area (Å²) in [7, 11) is 0. The Kier molecular flexibility index (Phi) is 6.31. The van der Waals surface area contributed by atoms with Gasteiger partial charge in [-0.3, -0.25) is 0 Å². The van der Waals surface area contributed by atoms with Crippen LogP contribution < -0.4 is 0 Å². The van der Waals surface area contributed by atoms with Crippen molar-refractivity contribution in [1.82, 2.24) is 14.5 Å². The third-order valence-electron chi connectivity index (χ3n) is 3.67. The number of halogens is 2. The normalized spacial score (nSPS) is 13.0. The van der Waals surface area contributed by atoms with Crippen LogP contribution in [0.2, 0.25) is 5.02 Å². The van der Waals surface area contributed by atoms with E-state index < -0.39 is 0 Å². The van der Waals surface area contributed by atoms with Crippen LogP contribution in [0, 0.1) is 0 Å². The van der Waals surface area contributed by atoms with Gasteiger partial charge in [0.15, 0.2) is 5.65 Å². The predicted molar refractivity (Wildman–Crippen MR) is 90.2 cm³/mol. The Labute approximate surface area is 136 Å². The molecule has 3 nitrogen and oxygen atoms in total. The Morgan fingerprint density at radius 3 is 2.62 bits per heavy atom. The monoisotopic (exact) mass is 327 g/mol. The lowest BCUT2D eigenvalue weighted by molar-refractivity contribution is 0.551. The van der Waals surface area contributed by atoms with Crippen LogP contribution in [0.4, 0.5) is 0 Å². The lowest BCUT2D eigenvalue weighted by atomic mass is 10.1. The molecule has 21 heavy (non-hydrogen) atoms. The summed E-state index contributed by atoms with van der Waals surface area (Å²) in [5.74, 6) is 0.884. The molecule has 116 valence electrons. The molecule has 0 spiro atoms. The van der Waals surface area contributed by atoms with Gasteiger partial charge in [0.2, 0.25) is 0 Å². The highest BCUT2D eigenvalue weighted by Crippen LogP contribution is 2.25. The number of aromatic nitrogens is 3. The highest BCUT2D eigenvalue weighted by Gasteiger charge is 2.15. The fraction of sp³-hybridized carbons (Fsp3) is 0.625. The first-order valence-corrected chi connectivity index (χ1v) is 8.60. The number of hydrogen-bond acceptors (Lipinski definition) is 2. The fourth-order valence-electron chi connectivity index (χ4n) is 2.58. The number of rotatable bonds is 8. The van der Waals surface area contributed by atoms with Crippen LogP contribution in [0.3, 0.4) is 0 Å². The van der Waals surface area contributed by atoms with E-state index in [0.29, 0.717) is 5.02 Å². The molecule has 5 heteroatoms. The van der Waals surface area contributed by atoms with Crippen molar-refractivity contribution >= 4 is 34.4 Å². The lowest BCUT2D eigenvalue weighted by Crippen LogP contribution is -2.05. The number of unbranched alkanes of at least 4 members (excludes halogenated alkanes) is 5. The third kappa shape index (κ3) is 4.33. The smallest absolute Gasteiger partial charge is 0.160 e. The average Bonchev–Trinajstić information content (AvgIpc) is 2.80. The standard InChI is InChI=1S/C16H23Cl2N3/c1-3-4-5-6-7-8-9-21-15(12(2)17)20-14-10-13(18)11-19-16(14)21/h10-12H,3-9H2,1-2H3. The molecule has 0 N–H and O–H groups in total. The molecule has 2 rings (SSSR count). The largest absolute Gasteiger partial charge is 0.311 e. The second-order valence-corrected chi connectivity index (χ2v) is 6.59. The minimum Gasteiger partial charge on any atom is -0.311 e. The highest BCUT2D eigenvalue weighted by molar-refractivity contribution is 6.31. The maximum atomic E-state index is 6.26. The van der Waals surface area contributed by atoms with Gasteiger partial charge in [-0.2, -0.15) is 0 Å². The van der Waals surface area contributed by atoms with Gasteiger partial charge in [0.05, 0.1) is 10.4 Å². The Hall–Kier alpha value is -0.800. The van der Waals surface area contributed by atoms with E-state index in [0.717, 1.165) is 30.0 Å². The number of hydrogen-bond donors (Lipinski definition) is 0. The molecule has 0 fully saturated rings. The minimum atomic E-state index is -0.127. The van der Waals surface area contributed by atoms with Crippen molar-refractivity contribution in [2.75, 3.05) is 0 Å². The van der Waals surface area contributed by atoms with Crippen LogP contribution >= 0.6 is 23.2 Å². The summed E-state index contributed by atoms with van der Waals surface area (Å²) in [4.78, 5) is 9.01. The second kappa shape index (κ2) is 8.00. The summed E-state index contributed by atoms with van der Waals surface area (Å²) in [6.45, 7) is 5.11. The summed E-state index contributed by atoms with van der Waals surface area (Å²) < 4.78 is 2.14. The van der Waals surface area contributed by atoms with E-state index in [-0.39, 0.29) is 5.38 Å². The van der Waals surface area contributed by atoms with Gasteiger partial charge in [0, 0.05) is 12.7 Å². The molecule has 2 aromatic rings. The number of imidazole rings is 1. The third-order valence-corrected chi connectivity index (χ3v) is 4.07. The van der Waals surface area contributed by atoms with E-state index in [2.05, 4.69) is 21.5 Å². The summed E-state index contributed by atoms with van der Waals surface area (Å²) in [6, 6.07) is 1.85. The van der Waals surface area contributed by atoms with Crippen LogP contribution in [-0.4, -0.2) is 14.5 Å². The Bertz CT molecular complexity index is 578. The van der Waals surface area contributed by atoms with Crippen molar-refractivity contribution < 1.29 is 0 Å². The number of aryl methyl sites for hydroxylation is 1. The van der Waals surface area contributed by atoms with Crippen LogP contribution in [0.1, 0.15) is 63.6 Å². The zero-order valence-corrected chi connectivity index (χ0v) is 14.3. The van der Waals surface area contributed by atoms with Gasteiger partial charge in [0.1, 0.15) is 11.3 Å². The zero-order valence-electron chi connectivity index (χ0n) is 12.8. The number of nitrogens with zero attached hydrogens (tertiary/aromatic N) is 3. The van der Waals surface area contributed by atoms with Crippen LogP contribution in [0.15, 0.2) is 12.3 Å². The van der Waals surface area contributed by atoms with Crippen molar-refractivity contribution in [3.05, 3.63) is 23.1 Å². The van der Waals surface area contributed by atoms with E-state index in [9.17, 15) is 0 Å². The van der Waals surface area contributed by atoms with Gasteiger partial charge in [0.25, 0.3) is 0 Å². The number of alkyl halides is 1. The SMILES string of the molecule is CCCCCCCCn1c(C(C)Cl)nc2cc(Cl)cnc21. The van der Waals surface area contributed by atoms with E-state index in [1.54, 1.807) is 6.20 Å². The molecule has 0 aliphatic rings. The molecule has 0 radical (unpaired) electrons. The van der Waals surface area contributed by atoms with Gasteiger partial charge in [-0.15, -0.1) is 11.6 Å². The first-order valence-electron chi connectivity index (χ1n) is 7.79. The number of pyridine rings is 1. The molecule has 2 aromatic heterocycles. The van der Waals surface area contributed by atoms with Crippen molar-refractivity contribution in [2.45, 2.75) is 64.3 Å². The molecule has 1 atom stereocenters. The molecule has 0 amide bonds. The predicted octanol–water partition coefficient (Wildman–Crippen LogP) is 5.75. The number of fused-ring (bicyclic) bond motifs is 1. The maximum Gasteiger partial charge on any atom is 0.160 e. The fourth-order valence-corrected chi connectivity index (χ4v) is 2.90. The quantitative estimate of drug-likeness (QED) is 0.456. The molecule has 0 bridgehead atoms. The second-order valence-electron chi connectivity index (χ2n) is 5.50. The molecule has 0 aliphatic carbocycles. The topological polar surface area (TPSA) is 30.7 Å². The summed E-state index contributed by atoms with van der Waals surface area (Å²) >= 11 is 12.2. The van der Waals surface area contributed by atoms with E-state index in [1.165, 1.54) is 32.1 Å². The van der Waals surface area contributed by atoms with E-state index in [1.807, 2.05) is 13.0 Å². The van der Waals surface area contributed by atoms with Gasteiger partial charge < -0.3 is 4.57 Å². The molecule has 0 saturated carbocycles. The van der Waals surface area contributed by atoms with Crippen molar-refractivity contribution in [3.63, 3.8) is 0 Å². The van der Waals surface area contributed by atoms with Crippen LogP contribution in [-0.2, 0) is 6.54 Å². The molecule has 2 heterocycles. The Morgan fingerprint density at radius 1 is 1.19 bits per heavy atom. The molecular weight excluding hydrogens is 305 g/mol. The lowest BCUT2D eigenvalue weighted by Gasteiger charge is -2.09. The van der Waals surface area contributed by atoms with Crippen LogP contribution in [0.25, 0.3) is 11.2 Å². The summed E-state index contributed by atoms with van der Waals surface area (Å²) in [5.41, 5.74) is 1.71. The first-order chi connectivity index (χ1) is 10.1. The Morgan fingerprint density at radius 2 is 1.90 bits per heavy atom. The first kappa shape index (κ1) is 16.6. The highest BCUT2D eigenvalue weighted by atomic mass is 35.5. The molecule has 0 aliphatic heterocycles. The van der Waals surface area contributed by atoms with Gasteiger partial charge in [-0.1, -0.05) is 50.6 Å². The Balaban J connectivity index is 2.08.